The highest BCUT2D eigenvalue weighted by Crippen LogP contribution is 2.71. The molecule has 0 aromatic carbocycles. The maximum atomic E-state index is 11.6. The Bertz CT molecular complexity index is 735. The van der Waals surface area contributed by atoms with Gasteiger partial charge in [-0.15, -0.1) is 0 Å². The van der Waals surface area contributed by atoms with Gasteiger partial charge in [0.15, 0.2) is 0 Å². The lowest BCUT2D eigenvalue weighted by molar-refractivity contribution is -0.220. The predicted molar refractivity (Wildman–Crippen MR) is 131 cm³/mol. The molecule has 0 aliphatic heterocycles. The van der Waals surface area contributed by atoms with Gasteiger partial charge in [-0.3, -0.25) is 0 Å². The monoisotopic (exact) mass is 446 g/mol. The number of rotatable bonds is 4. The highest BCUT2D eigenvalue weighted by atomic mass is 16.3. The maximum Gasteiger partial charge on any atom is 0.0654 e. The Kier molecular flexibility index (Phi) is 6.25. The maximum absolute atomic E-state index is 11.6. The molecule has 184 valence electrons. The fourth-order valence-corrected chi connectivity index (χ4v) is 9.85. The molecule has 3 N–H and O–H groups in total. The lowest BCUT2D eigenvalue weighted by atomic mass is 9.38. The van der Waals surface area contributed by atoms with Crippen LogP contribution in [0, 0.1) is 45.8 Å². The Labute approximate surface area is 197 Å². The number of aliphatic hydroxyl groups is 3. The molecule has 0 heterocycles. The first-order chi connectivity index (χ1) is 14.7. The van der Waals surface area contributed by atoms with Gasteiger partial charge >= 0.3 is 0 Å². The van der Waals surface area contributed by atoms with Crippen molar-refractivity contribution < 1.29 is 15.3 Å². The molecule has 10 atom stereocenters. The summed E-state index contributed by atoms with van der Waals surface area (Å²) in [4.78, 5) is 0. The summed E-state index contributed by atoms with van der Waals surface area (Å²) in [7, 11) is 0. The molecule has 4 saturated carbocycles. The zero-order valence-electron chi connectivity index (χ0n) is 21.8. The van der Waals surface area contributed by atoms with Crippen LogP contribution in [0.2, 0.25) is 0 Å². The average Bonchev–Trinajstić information content (AvgIpc) is 3.15. The Morgan fingerprint density at radius 1 is 0.938 bits per heavy atom. The molecule has 0 radical (unpaired) electrons. The zero-order valence-corrected chi connectivity index (χ0v) is 21.8. The number of aliphatic hydroxyl groups excluding tert-OH is 2. The van der Waals surface area contributed by atoms with Crippen molar-refractivity contribution in [2.75, 3.05) is 0 Å². The first-order valence-electron chi connectivity index (χ1n) is 13.5. The first-order valence-corrected chi connectivity index (χ1v) is 13.5. The van der Waals surface area contributed by atoms with Gasteiger partial charge in [-0.1, -0.05) is 39.3 Å². The van der Waals surface area contributed by atoms with E-state index in [1.54, 1.807) is 0 Å². The molecule has 0 bridgehead atoms. The molecule has 4 aliphatic carbocycles. The van der Waals surface area contributed by atoms with Crippen LogP contribution < -0.4 is 0 Å². The molecule has 0 unspecified atom stereocenters. The molecule has 4 rings (SSSR count). The normalized spacial score (nSPS) is 49.4. The number of hydrogen-bond acceptors (Lipinski definition) is 3. The lowest BCUT2D eigenvalue weighted by Crippen LogP contribution is -2.63. The summed E-state index contributed by atoms with van der Waals surface area (Å²) in [5, 5.41) is 33.9. The van der Waals surface area contributed by atoms with Gasteiger partial charge in [-0.05, 0) is 124 Å². The number of fused-ring (bicyclic) bond motifs is 5. The molecular formula is C29H50O3. The van der Waals surface area contributed by atoms with Crippen molar-refractivity contribution in [3.8, 4) is 0 Å². The van der Waals surface area contributed by atoms with Gasteiger partial charge in [-0.25, -0.2) is 0 Å². The van der Waals surface area contributed by atoms with Crippen LogP contribution in [0.3, 0.4) is 0 Å². The second-order valence-corrected chi connectivity index (χ2v) is 13.9. The Balaban J connectivity index is 1.61. The number of allylic oxidation sites excluding steroid dienone is 2. The molecule has 4 aliphatic rings. The van der Waals surface area contributed by atoms with Crippen molar-refractivity contribution in [1.29, 1.82) is 0 Å². The minimum absolute atomic E-state index is 0.0526. The van der Waals surface area contributed by atoms with E-state index >= 15 is 0 Å². The zero-order chi connectivity index (χ0) is 23.7. The first kappa shape index (κ1) is 24.7. The third-order valence-electron chi connectivity index (χ3n) is 11.6. The van der Waals surface area contributed by atoms with Crippen molar-refractivity contribution in [2.24, 2.45) is 45.8 Å². The van der Waals surface area contributed by atoms with E-state index in [2.05, 4.69) is 47.6 Å². The van der Waals surface area contributed by atoms with Crippen molar-refractivity contribution in [2.45, 2.75) is 124 Å². The molecule has 0 aromatic heterocycles. The third kappa shape index (κ3) is 3.64. The van der Waals surface area contributed by atoms with Crippen molar-refractivity contribution in [1.82, 2.24) is 0 Å². The molecule has 3 heteroatoms. The lowest BCUT2D eigenvalue weighted by Gasteiger charge is -2.67. The summed E-state index contributed by atoms with van der Waals surface area (Å²) in [6, 6.07) is 0. The minimum Gasteiger partial charge on any atom is -0.393 e. The Morgan fingerprint density at radius 3 is 2.25 bits per heavy atom. The van der Waals surface area contributed by atoms with Gasteiger partial charge in [0, 0.05) is 0 Å². The van der Waals surface area contributed by atoms with E-state index in [4.69, 9.17) is 0 Å². The van der Waals surface area contributed by atoms with E-state index in [1.807, 2.05) is 6.92 Å². The molecule has 0 amide bonds. The van der Waals surface area contributed by atoms with Crippen LogP contribution in [0.4, 0.5) is 0 Å². The molecule has 3 nitrogen and oxygen atoms in total. The van der Waals surface area contributed by atoms with Crippen LogP contribution in [0.15, 0.2) is 11.6 Å². The molecule has 4 fully saturated rings. The van der Waals surface area contributed by atoms with Gasteiger partial charge in [-0.2, -0.15) is 0 Å². The predicted octanol–water partition coefficient (Wildman–Crippen LogP) is 6.11. The molecule has 0 spiro atoms. The van der Waals surface area contributed by atoms with Gasteiger partial charge in [0.25, 0.3) is 0 Å². The van der Waals surface area contributed by atoms with Gasteiger partial charge in [0.05, 0.1) is 17.8 Å². The largest absolute Gasteiger partial charge is 0.393 e. The van der Waals surface area contributed by atoms with Gasteiger partial charge < -0.3 is 15.3 Å². The summed E-state index contributed by atoms with van der Waals surface area (Å²) in [6.45, 7) is 15.8. The van der Waals surface area contributed by atoms with E-state index < -0.39 is 5.60 Å². The summed E-state index contributed by atoms with van der Waals surface area (Å²) in [6.07, 6.45) is 10.8. The summed E-state index contributed by atoms with van der Waals surface area (Å²) in [5.41, 5.74) is 0.962. The minimum atomic E-state index is -0.715. The van der Waals surface area contributed by atoms with E-state index in [-0.39, 0.29) is 40.3 Å². The van der Waals surface area contributed by atoms with Crippen LogP contribution in [0.1, 0.15) is 106 Å². The van der Waals surface area contributed by atoms with Crippen LogP contribution in [-0.2, 0) is 0 Å². The number of hydrogen-bond donors (Lipinski definition) is 3. The highest BCUT2D eigenvalue weighted by molar-refractivity contribution is 5.16. The second kappa shape index (κ2) is 8.09. The fraction of sp³-hybridized carbons (Fsp3) is 0.931. The highest BCUT2D eigenvalue weighted by Gasteiger charge is 2.67. The van der Waals surface area contributed by atoms with E-state index in [1.165, 1.54) is 18.4 Å². The van der Waals surface area contributed by atoms with Crippen molar-refractivity contribution in [3.05, 3.63) is 11.6 Å². The quantitative estimate of drug-likeness (QED) is 0.457. The summed E-state index contributed by atoms with van der Waals surface area (Å²) in [5.74, 6) is 1.95. The molecule has 32 heavy (non-hydrogen) atoms. The molecule has 0 saturated heterocycles. The SMILES string of the molecule is CC(C)=CCC[C@](C)(O)[C@H]1CC[C@@H]2[C@@H]1[C@H](O)C[C@H]1[C@@]2(C)CC[C@H]2C(C)(C)[C@@H](O)CC[C@]12C. The second-order valence-electron chi connectivity index (χ2n) is 13.9. The van der Waals surface area contributed by atoms with E-state index in [0.717, 1.165) is 44.9 Å². The van der Waals surface area contributed by atoms with Gasteiger partial charge in [0.2, 0.25) is 0 Å². The van der Waals surface area contributed by atoms with Crippen molar-refractivity contribution >= 4 is 0 Å². The standard InChI is InChI=1S/C29H50O3/c1-18(2)9-8-14-29(7,32)20-11-10-19-25(20)21(30)17-23-27(19,5)15-12-22-26(3,4)24(31)13-16-28(22,23)6/h9,19-25,30-32H,8,10-17H2,1-7H3/t19-,20+,21-,22+,23+,24+,25+,27+,28+,29+/m1/s1. The van der Waals surface area contributed by atoms with Crippen LogP contribution in [-0.4, -0.2) is 33.1 Å². The van der Waals surface area contributed by atoms with E-state index in [9.17, 15) is 15.3 Å². The van der Waals surface area contributed by atoms with Crippen molar-refractivity contribution in [3.63, 3.8) is 0 Å². The van der Waals surface area contributed by atoms with Crippen LogP contribution >= 0.6 is 0 Å². The summed E-state index contributed by atoms with van der Waals surface area (Å²) >= 11 is 0. The Hall–Kier alpha value is -0.380. The molecular weight excluding hydrogens is 396 g/mol. The third-order valence-corrected chi connectivity index (χ3v) is 11.6. The van der Waals surface area contributed by atoms with E-state index in [0.29, 0.717) is 17.8 Å². The average molecular weight is 447 g/mol. The summed E-state index contributed by atoms with van der Waals surface area (Å²) < 4.78 is 0. The van der Waals surface area contributed by atoms with Crippen LogP contribution in [0.5, 0.6) is 0 Å². The van der Waals surface area contributed by atoms with Crippen LogP contribution in [0.25, 0.3) is 0 Å². The molecule has 0 aromatic rings. The topological polar surface area (TPSA) is 60.7 Å². The smallest absolute Gasteiger partial charge is 0.0654 e. The fourth-order valence-electron chi connectivity index (χ4n) is 9.85. The van der Waals surface area contributed by atoms with Gasteiger partial charge in [0.1, 0.15) is 0 Å². The Morgan fingerprint density at radius 2 is 1.59 bits per heavy atom.